The fourth-order valence-electron chi connectivity index (χ4n) is 3.14. The van der Waals surface area contributed by atoms with Crippen LogP contribution in [0.2, 0.25) is 0 Å². The number of halogens is 1. The van der Waals surface area contributed by atoms with Crippen LogP contribution in [0.5, 0.6) is 5.75 Å². The monoisotopic (exact) mass is 342 g/mol. The van der Waals surface area contributed by atoms with Crippen LogP contribution < -0.4 is 15.0 Å². The van der Waals surface area contributed by atoms with Crippen molar-refractivity contribution in [2.75, 3.05) is 31.6 Å². The third kappa shape index (κ3) is 4.72. The summed E-state index contributed by atoms with van der Waals surface area (Å²) < 4.78 is 18.1. The maximum Gasteiger partial charge on any atom is 0.224 e. The van der Waals surface area contributed by atoms with E-state index in [1.165, 1.54) is 12.1 Å². The third-order valence-electron chi connectivity index (χ3n) is 4.59. The molecule has 1 saturated heterocycles. The van der Waals surface area contributed by atoms with Crippen molar-refractivity contribution in [3.63, 3.8) is 0 Å². The number of anilines is 1. The van der Waals surface area contributed by atoms with Gasteiger partial charge in [0.15, 0.2) is 0 Å². The van der Waals surface area contributed by atoms with Gasteiger partial charge >= 0.3 is 0 Å². The van der Waals surface area contributed by atoms with Crippen molar-refractivity contribution in [3.8, 4) is 5.75 Å². The first-order chi connectivity index (χ1) is 12.1. The maximum atomic E-state index is 13.0. The summed E-state index contributed by atoms with van der Waals surface area (Å²) in [5.74, 6) is 1.02. The highest BCUT2D eigenvalue weighted by molar-refractivity contribution is 5.78. The lowest BCUT2D eigenvalue weighted by atomic mass is 10.1. The number of carbonyl (C=O) groups is 1. The van der Waals surface area contributed by atoms with Crippen LogP contribution >= 0.6 is 0 Å². The van der Waals surface area contributed by atoms with Crippen molar-refractivity contribution in [2.24, 2.45) is 5.92 Å². The van der Waals surface area contributed by atoms with E-state index in [1.807, 2.05) is 24.3 Å². The van der Waals surface area contributed by atoms with Crippen molar-refractivity contribution in [3.05, 3.63) is 59.9 Å². The van der Waals surface area contributed by atoms with E-state index in [-0.39, 0.29) is 11.7 Å². The van der Waals surface area contributed by atoms with E-state index in [4.69, 9.17) is 4.74 Å². The van der Waals surface area contributed by atoms with Crippen LogP contribution in [0, 0.1) is 11.7 Å². The summed E-state index contributed by atoms with van der Waals surface area (Å²) in [6, 6.07) is 14.1. The Morgan fingerprint density at radius 2 is 1.92 bits per heavy atom. The molecular formula is C20H23FN2O2. The Bertz CT molecular complexity index is 701. The molecule has 0 radical (unpaired) electrons. The van der Waals surface area contributed by atoms with Gasteiger partial charge < -0.3 is 15.0 Å². The molecule has 4 nitrogen and oxygen atoms in total. The molecule has 1 N–H and O–H groups in total. The smallest absolute Gasteiger partial charge is 0.224 e. The van der Waals surface area contributed by atoms with Crippen molar-refractivity contribution < 1.29 is 13.9 Å². The van der Waals surface area contributed by atoms with Crippen LogP contribution in [0.3, 0.4) is 0 Å². The van der Waals surface area contributed by atoms with Gasteiger partial charge in [-0.15, -0.1) is 0 Å². The molecular weight excluding hydrogens is 319 g/mol. The number of rotatable bonds is 6. The summed E-state index contributed by atoms with van der Waals surface area (Å²) in [4.78, 5) is 14.4. The Morgan fingerprint density at radius 3 is 2.60 bits per heavy atom. The standard InChI is InChI=1S/C20H23FN2O2/c1-25-19-8-2-15(3-9-19)12-20(24)22-13-16-10-11-23(14-16)18-6-4-17(21)5-7-18/h2-9,16H,10-14H2,1H3,(H,22,24). The molecule has 0 aromatic heterocycles. The van der Waals surface area contributed by atoms with E-state index in [9.17, 15) is 9.18 Å². The van der Waals surface area contributed by atoms with Gasteiger partial charge in [-0.3, -0.25) is 4.79 Å². The number of ether oxygens (including phenoxy) is 1. The maximum absolute atomic E-state index is 13.0. The minimum absolute atomic E-state index is 0.0328. The van der Waals surface area contributed by atoms with Gasteiger partial charge in [0.1, 0.15) is 11.6 Å². The molecule has 2 aromatic carbocycles. The molecule has 1 aliphatic heterocycles. The van der Waals surface area contributed by atoms with Gasteiger partial charge in [-0.25, -0.2) is 4.39 Å². The first-order valence-electron chi connectivity index (χ1n) is 8.54. The zero-order chi connectivity index (χ0) is 17.6. The molecule has 1 amide bonds. The topological polar surface area (TPSA) is 41.6 Å². The number of amides is 1. The number of nitrogens with zero attached hydrogens (tertiary/aromatic N) is 1. The highest BCUT2D eigenvalue weighted by Crippen LogP contribution is 2.23. The Labute approximate surface area is 147 Å². The minimum Gasteiger partial charge on any atom is -0.497 e. The Balaban J connectivity index is 1.44. The van der Waals surface area contributed by atoms with Crippen molar-refractivity contribution >= 4 is 11.6 Å². The molecule has 132 valence electrons. The molecule has 25 heavy (non-hydrogen) atoms. The number of benzene rings is 2. The third-order valence-corrected chi connectivity index (χ3v) is 4.59. The van der Waals surface area contributed by atoms with Gasteiger partial charge in [-0.05, 0) is 54.3 Å². The van der Waals surface area contributed by atoms with Crippen molar-refractivity contribution in [1.29, 1.82) is 0 Å². The van der Waals surface area contributed by atoms with Crippen molar-refractivity contribution in [2.45, 2.75) is 12.8 Å². The van der Waals surface area contributed by atoms with Crippen LogP contribution in [0.4, 0.5) is 10.1 Å². The van der Waals surface area contributed by atoms with Gasteiger partial charge in [-0.2, -0.15) is 0 Å². The lowest BCUT2D eigenvalue weighted by molar-refractivity contribution is -0.120. The molecule has 1 atom stereocenters. The van der Waals surface area contributed by atoms with E-state index < -0.39 is 0 Å². The lowest BCUT2D eigenvalue weighted by Crippen LogP contribution is -2.32. The Kier molecular flexibility index (Phi) is 5.53. The molecule has 1 fully saturated rings. The largest absolute Gasteiger partial charge is 0.497 e. The second kappa shape index (κ2) is 8.01. The van der Waals surface area contributed by atoms with Crippen LogP contribution in [0.15, 0.2) is 48.5 Å². The lowest BCUT2D eigenvalue weighted by Gasteiger charge is -2.18. The Morgan fingerprint density at radius 1 is 1.20 bits per heavy atom. The molecule has 5 heteroatoms. The SMILES string of the molecule is COc1ccc(CC(=O)NCC2CCN(c3ccc(F)cc3)C2)cc1. The molecule has 0 bridgehead atoms. The molecule has 3 rings (SSSR count). The zero-order valence-corrected chi connectivity index (χ0v) is 14.4. The number of methoxy groups -OCH3 is 1. The van der Waals surface area contributed by atoms with Crippen molar-refractivity contribution in [1.82, 2.24) is 5.32 Å². The summed E-state index contributed by atoms with van der Waals surface area (Å²) in [6.45, 7) is 2.49. The van der Waals surface area contributed by atoms with Gasteiger partial charge in [0.25, 0.3) is 0 Å². The summed E-state index contributed by atoms with van der Waals surface area (Å²) in [7, 11) is 1.62. The second-order valence-corrected chi connectivity index (χ2v) is 6.41. The van der Waals surface area contributed by atoms with E-state index in [1.54, 1.807) is 19.2 Å². The number of nitrogens with one attached hydrogen (secondary N) is 1. The summed E-state index contributed by atoms with van der Waals surface area (Å²) in [5.41, 5.74) is 2.01. The second-order valence-electron chi connectivity index (χ2n) is 6.41. The number of hydrogen-bond donors (Lipinski definition) is 1. The van der Waals surface area contributed by atoms with Crippen LogP contribution in [0.25, 0.3) is 0 Å². The molecule has 0 saturated carbocycles. The highest BCUT2D eigenvalue weighted by atomic mass is 19.1. The average molecular weight is 342 g/mol. The summed E-state index contributed by atoms with van der Waals surface area (Å²) >= 11 is 0. The highest BCUT2D eigenvalue weighted by Gasteiger charge is 2.23. The molecule has 0 spiro atoms. The Hall–Kier alpha value is -2.56. The zero-order valence-electron chi connectivity index (χ0n) is 14.4. The number of carbonyl (C=O) groups excluding carboxylic acids is 1. The first kappa shape index (κ1) is 17.3. The predicted molar refractivity (Wildman–Crippen MR) is 96.4 cm³/mol. The van der Waals surface area contributed by atoms with E-state index in [0.717, 1.165) is 36.5 Å². The van der Waals surface area contributed by atoms with E-state index >= 15 is 0 Å². The predicted octanol–water partition coefficient (Wildman–Crippen LogP) is 3.02. The van der Waals surface area contributed by atoms with Gasteiger partial charge in [-0.1, -0.05) is 12.1 Å². The van der Waals surface area contributed by atoms with Crippen LogP contribution in [-0.4, -0.2) is 32.7 Å². The van der Waals surface area contributed by atoms with E-state index in [2.05, 4.69) is 10.2 Å². The molecule has 2 aromatic rings. The fourth-order valence-corrected chi connectivity index (χ4v) is 3.14. The molecule has 1 heterocycles. The normalized spacial score (nSPS) is 16.7. The summed E-state index contributed by atoms with van der Waals surface area (Å²) in [6.07, 6.45) is 1.40. The van der Waals surface area contributed by atoms with Gasteiger partial charge in [0, 0.05) is 25.3 Å². The minimum atomic E-state index is -0.217. The van der Waals surface area contributed by atoms with Crippen LogP contribution in [-0.2, 0) is 11.2 Å². The summed E-state index contributed by atoms with van der Waals surface area (Å²) in [5, 5.41) is 3.03. The average Bonchev–Trinajstić information content (AvgIpc) is 3.10. The quantitative estimate of drug-likeness (QED) is 0.877. The number of hydrogen-bond acceptors (Lipinski definition) is 3. The van der Waals surface area contributed by atoms with Gasteiger partial charge in [0.2, 0.25) is 5.91 Å². The van der Waals surface area contributed by atoms with Gasteiger partial charge in [0.05, 0.1) is 13.5 Å². The fraction of sp³-hybridized carbons (Fsp3) is 0.350. The molecule has 1 aliphatic rings. The molecule has 0 aliphatic carbocycles. The molecule has 1 unspecified atom stereocenters. The van der Waals surface area contributed by atoms with E-state index in [0.29, 0.717) is 18.9 Å². The van der Waals surface area contributed by atoms with Crippen LogP contribution in [0.1, 0.15) is 12.0 Å². The first-order valence-corrected chi connectivity index (χ1v) is 8.54.